The molecule has 3 aromatic carbocycles. The molecule has 0 unspecified atom stereocenters. The van der Waals surface area contributed by atoms with Gasteiger partial charge in [-0.3, -0.25) is 9.59 Å². The van der Waals surface area contributed by atoms with Crippen LogP contribution in [0.4, 0.5) is 4.79 Å². The van der Waals surface area contributed by atoms with E-state index < -0.39 is 41.6 Å². The zero-order valence-electron chi connectivity index (χ0n) is 27.5. The van der Waals surface area contributed by atoms with Gasteiger partial charge in [0.1, 0.15) is 17.5 Å². The first kappa shape index (κ1) is 34.4. The summed E-state index contributed by atoms with van der Waals surface area (Å²) in [6.45, 7) is 10.6. The van der Waals surface area contributed by atoms with Gasteiger partial charge in [0.25, 0.3) is 0 Å². The van der Waals surface area contributed by atoms with Crippen LogP contribution in [0.1, 0.15) is 82.5 Å². The largest absolute Gasteiger partial charge is 0.478 e. The maximum absolute atomic E-state index is 14.7. The number of ether oxygens (including phenoxy) is 1. The van der Waals surface area contributed by atoms with E-state index in [0.29, 0.717) is 17.0 Å². The van der Waals surface area contributed by atoms with Gasteiger partial charge >= 0.3 is 12.1 Å². The van der Waals surface area contributed by atoms with Crippen LogP contribution in [-0.2, 0) is 22.5 Å². The van der Waals surface area contributed by atoms with Gasteiger partial charge in [-0.25, -0.2) is 14.6 Å². The van der Waals surface area contributed by atoms with Crippen molar-refractivity contribution in [1.82, 2.24) is 20.2 Å². The number of carbonyl (C=O) groups excluding carboxylic acids is 3. The molecule has 0 aliphatic heterocycles. The number of nitrogens with two attached hydrogens (primary N) is 1. The number of primary amides is 1. The normalized spacial score (nSPS) is 12.6. The van der Waals surface area contributed by atoms with Crippen LogP contribution < -0.4 is 11.1 Å². The third kappa shape index (κ3) is 8.84. The lowest BCUT2D eigenvalue weighted by atomic mass is 9.93. The molecule has 0 saturated heterocycles. The summed E-state index contributed by atoms with van der Waals surface area (Å²) >= 11 is 0. The van der Waals surface area contributed by atoms with Crippen molar-refractivity contribution in [2.24, 2.45) is 5.73 Å². The van der Waals surface area contributed by atoms with Crippen LogP contribution in [0.3, 0.4) is 0 Å². The summed E-state index contributed by atoms with van der Waals surface area (Å²) in [5.41, 5.74) is 9.60. The van der Waals surface area contributed by atoms with E-state index in [1.807, 2.05) is 51.1 Å². The number of imidazole rings is 1. The van der Waals surface area contributed by atoms with Crippen LogP contribution in [-0.4, -0.2) is 55.5 Å². The first-order chi connectivity index (χ1) is 22.1. The second kappa shape index (κ2) is 14.3. The molecule has 11 heteroatoms. The van der Waals surface area contributed by atoms with Crippen molar-refractivity contribution in [1.29, 1.82) is 0 Å². The second-order valence-corrected chi connectivity index (χ2v) is 12.6. The third-order valence-electron chi connectivity index (χ3n) is 7.73. The van der Waals surface area contributed by atoms with Gasteiger partial charge in [-0.2, -0.15) is 0 Å². The molecule has 0 aliphatic carbocycles. The lowest BCUT2D eigenvalue weighted by Crippen LogP contribution is -2.51. The molecule has 11 nitrogen and oxygen atoms in total. The first-order valence-electron chi connectivity index (χ1n) is 15.3. The van der Waals surface area contributed by atoms with Crippen LogP contribution in [0.5, 0.6) is 0 Å². The molecule has 47 heavy (non-hydrogen) atoms. The van der Waals surface area contributed by atoms with E-state index in [2.05, 4.69) is 15.3 Å². The van der Waals surface area contributed by atoms with Crippen molar-refractivity contribution in [2.45, 2.75) is 72.2 Å². The molecule has 4 rings (SSSR count). The average Bonchev–Trinajstić information content (AvgIpc) is 3.50. The van der Waals surface area contributed by atoms with E-state index >= 15 is 0 Å². The van der Waals surface area contributed by atoms with Crippen molar-refractivity contribution in [3.05, 3.63) is 112 Å². The van der Waals surface area contributed by atoms with E-state index in [1.54, 1.807) is 56.1 Å². The van der Waals surface area contributed by atoms with E-state index in [4.69, 9.17) is 10.5 Å². The van der Waals surface area contributed by atoms with Gasteiger partial charge in [-0.15, -0.1) is 0 Å². The molecule has 3 amide bonds. The van der Waals surface area contributed by atoms with Gasteiger partial charge in [0.05, 0.1) is 23.5 Å². The molecule has 0 fully saturated rings. The van der Waals surface area contributed by atoms with Gasteiger partial charge in [-0.05, 0) is 93.6 Å². The molecule has 1 heterocycles. The Morgan fingerprint density at radius 2 is 1.64 bits per heavy atom. The second-order valence-electron chi connectivity index (χ2n) is 12.6. The van der Waals surface area contributed by atoms with Gasteiger partial charge < -0.3 is 30.8 Å². The lowest BCUT2D eigenvalue weighted by Gasteiger charge is -2.33. The van der Waals surface area contributed by atoms with E-state index in [0.717, 1.165) is 27.9 Å². The maximum atomic E-state index is 14.7. The molecule has 0 saturated carbocycles. The highest BCUT2D eigenvalue weighted by Crippen LogP contribution is 2.27. The zero-order valence-corrected chi connectivity index (χ0v) is 27.5. The molecule has 0 spiro atoms. The fourth-order valence-corrected chi connectivity index (χ4v) is 5.38. The summed E-state index contributed by atoms with van der Waals surface area (Å²) in [7, 11) is 0. The van der Waals surface area contributed by atoms with Crippen LogP contribution in [0, 0.1) is 13.8 Å². The van der Waals surface area contributed by atoms with Crippen LogP contribution in [0.2, 0.25) is 0 Å². The number of H-pyrrole nitrogens is 1. The predicted molar refractivity (Wildman–Crippen MR) is 178 cm³/mol. The zero-order chi connectivity index (χ0) is 34.5. The molecule has 0 radical (unpaired) electrons. The Hall–Kier alpha value is -5.45. The average molecular weight is 640 g/mol. The monoisotopic (exact) mass is 639 g/mol. The van der Waals surface area contributed by atoms with E-state index in [1.165, 1.54) is 12.1 Å². The number of hydrogen-bond acceptors (Lipinski definition) is 6. The molecule has 0 aliphatic rings. The number of nitrogens with zero attached hydrogens (tertiary/aromatic N) is 2. The van der Waals surface area contributed by atoms with Gasteiger partial charge in [0.2, 0.25) is 11.8 Å². The SMILES string of the molecule is Cc1cc(C(N)=O)cc(C)c1C[C@H](NC(=O)OC(C)(C)C)C(=O)N(Cc1cccc(C(=O)O)c1)[C@@H](C)c1ncc(-c2ccccc2)[nH]1. The third-order valence-corrected chi connectivity index (χ3v) is 7.73. The summed E-state index contributed by atoms with van der Waals surface area (Å²) in [5, 5.41) is 12.4. The van der Waals surface area contributed by atoms with Crippen molar-refractivity contribution in [3.8, 4) is 11.3 Å². The number of benzene rings is 3. The minimum Gasteiger partial charge on any atom is -0.478 e. The van der Waals surface area contributed by atoms with E-state index in [-0.39, 0.29) is 18.5 Å². The number of nitrogens with one attached hydrogen (secondary N) is 2. The number of rotatable bonds is 11. The highest BCUT2D eigenvalue weighted by Gasteiger charge is 2.33. The highest BCUT2D eigenvalue weighted by molar-refractivity contribution is 5.93. The number of aromatic nitrogens is 2. The molecule has 4 aromatic rings. The molecular formula is C36H41N5O6. The molecule has 0 bridgehead atoms. The molecule has 246 valence electrons. The quantitative estimate of drug-likeness (QED) is 0.163. The number of aromatic amines is 1. The van der Waals surface area contributed by atoms with Crippen LogP contribution in [0.25, 0.3) is 11.3 Å². The minimum absolute atomic E-state index is 0.0214. The topological polar surface area (TPSA) is 168 Å². The van der Waals surface area contributed by atoms with Gasteiger partial charge in [-0.1, -0.05) is 42.5 Å². The molecule has 5 N–H and O–H groups in total. The molecule has 1 aromatic heterocycles. The van der Waals surface area contributed by atoms with Gasteiger partial charge in [0.15, 0.2) is 0 Å². The number of carbonyl (C=O) groups is 4. The van der Waals surface area contributed by atoms with Crippen LogP contribution >= 0.6 is 0 Å². The smallest absolute Gasteiger partial charge is 0.408 e. The molecule has 2 atom stereocenters. The highest BCUT2D eigenvalue weighted by atomic mass is 16.6. The number of carboxylic acid groups (broad SMARTS) is 1. The summed E-state index contributed by atoms with van der Waals surface area (Å²) in [4.78, 5) is 60.9. The Balaban J connectivity index is 1.77. The Morgan fingerprint density at radius 1 is 0.979 bits per heavy atom. The Kier molecular flexibility index (Phi) is 10.5. The van der Waals surface area contributed by atoms with Crippen molar-refractivity contribution >= 4 is 23.9 Å². The predicted octanol–water partition coefficient (Wildman–Crippen LogP) is 5.72. The molecular weight excluding hydrogens is 598 g/mol. The lowest BCUT2D eigenvalue weighted by molar-refractivity contribution is -0.136. The Labute approximate surface area is 274 Å². The number of aromatic carboxylic acids is 1. The standard InChI is InChI=1S/C36H41N5O6/c1-21-15-27(31(37)42)16-22(2)28(21)18-29(40-35(46)47-36(4,5)6)33(43)41(20-24-11-10-14-26(17-24)34(44)45)23(3)32-38-19-30(39-32)25-12-8-7-9-13-25/h7-17,19,23,29H,18,20H2,1-6H3,(H2,37,42)(H,38,39)(H,40,46)(H,44,45)/t23-,29-/m0/s1. The summed E-state index contributed by atoms with van der Waals surface area (Å²) < 4.78 is 5.54. The number of amides is 3. The van der Waals surface area contributed by atoms with Crippen molar-refractivity contribution in [2.75, 3.05) is 0 Å². The summed E-state index contributed by atoms with van der Waals surface area (Å²) in [6, 6.07) is 17.6. The number of alkyl carbamates (subject to hydrolysis) is 1. The Bertz CT molecular complexity index is 1750. The fourth-order valence-electron chi connectivity index (χ4n) is 5.38. The van der Waals surface area contributed by atoms with E-state index in [9.17, 15) is 24.3 Å². The Morgan fingerprint density at radius 3 is 2.23 bits per heavy atom. The minimum atomic E-state index is -1.10. The summed E-state index contributed by atoms with van der Waals surface area (Å²) in [5.74, 6) is -1.61. The fraction of sp³-hybridized carbons (Fsp3) is 0.306. The van der Waals surface area contributed by atoms with Gasteiger partial charge in [0, 0.05) is 18.5 Å². The van der Waals surface area contributed by atoms with Crippen LogP contribution in [0.15, 0.2) is 72.9 Å². The first-order valence-corrected chi connectivity index (χ1v) is 15.3. The number of carboxylic acids is 1. The van der Waals surface area contributed by atoms with Crippen molar-refractivity contribution < 1.29 is 29.0 Å². The number of hydrogen-bond donors (Lipinski definition) is 4. The number of aryl methyl sites for hydroxylation is 2. The van der Waals surface area contributed by atoms with Crippen molar-refractivity contribution in [3.63, 3.8) is 0 Å². The maximum Gasteiger partial charge on any atom is 0.408 e. The summed E-state index contributed by atoms with van der Waals surface area (Å²) in [6.07, 6.45) is 1.00.